The number of likely N-dealkylation sites (N-methyl/N-ethyl adjacent to an activating group) is 1. The standard InChI is InChI=1S/C13H13FN4O4/c1-17-7-11(20)18(13(17)22)6-10(19)15-16-12(21)8-2-4-9(14)5-3-8/h2-5H,6-7H2,1H3,(H,15,19)(H,16,21). The largest absolute Gasteiger partial charge is 0.327 e. The van der Waals surface area contributed by atoms with Crippen molar-refractivity contribution in [2.45, 2.75) is 0 Å². The first-order chi connectivity index (χ1) is 10.4. The fourth-order valence-electron chi connectivity index (χ4n) is 1.81. The van der Waals surface area contributed by atoms with Gasteiger partial charge < -0.3 is 4.90 Å². The minimum atomic E-state index is -0.729. The first-order valence-electron chi connectivity index (χ1n) is 6.28. The Morgan fingerprint density at radius 1 is 1.18 bits per heavy atom. The molecule has 9 heteroatoms. The molecule has 1 aliphatic heterocycles. The van der Waals surface area contributed by atoms with Gasteiger partial charge in [0.2, 0.25) is 0 Å². The van der Waals surface area contributed by atoms with E-state index >= 15 is 0 Å². The van der Waals surface area contributed by atoms with Gasteiger partial charge in [0.25, 0.3) is 17.7 Å². The number of amides is 5. The molecule has 0 bridgehead atoms. The molecule has 0 spiro atoms. The van der Waals surface area contributed by atoms with E-state index < -0.39 is 36.1 Å². The molecule has 0 aromatic heterocycles. The van der Waals surface area contributed by atoms with Crippen molar-refractivity contribution >= 4 is 23.8 Å². The van der Waals surface area contributed by atoms with Crippen molar-refractivity contribution in [3.05, 3.63) is 35.6 Å². The highest BCUT2D eigenvalue weighted by Crippen LogP contribution is 2.06. The first-order valence-corrected chi connectivity index (χ1v) is 6.28. The summed E-state index contributed by atoms with van der Waals surface area (Å²) in [6.45, 7) is -0.584. The number of hydrazine groups is 1. The van der Waals surface area contributed by atoms with E-state index in [1.807, 2.05) is 0 Å². The minimum Gasteiger partial charge on any atom is -0.318 e. The summed E-state index contributed by atoms with van der Waals surface area (Å²) in [5, 5.41) is 0. The Kier molecular flexibility index (Phi) is 4.35. The Hall–Kier alpha value is -2.97. The summed E-state index contributed by atoms with van der Waals surface area (Å²) in [4.78, 5) is 48.3. The lowest BCUT2D eigenvalue weighted by molar-refractivity contribution is -0.131. The Morgan fingerprint density at radius 3 is 2.36 bits per heavy atom. The number of hydrogen-bond acceptors (Lipinski definition) is 4. The van der Waals surface area contributed by atoms with Crippen LogP contribution in [0.4, 0.5) is 9.18 Å². The summed E-state index contributed by atoms with van der Waals surface area (Å²) in [7, 11) is 1.44. The van der Waals surface area contributed by atoms with Crippen molar-refractivity contribution in [2.24, 2.45) is 0 Å². The molecular formula is C13H13FN4O4. The van der Waals surface area contributed by atoms with Gasteiger partial charge in [0.05, 0.1) is 0 Å². The van der Waals surface area contributed by atoms with Crippen LogP contribution in [0.25, 0.3) is 0 Å². The molecule has 8 nitrogen and oxygen atoms in total. The SMILES string of the molecule is CN1CC(=O)N(CC(=O)NNC(=O)c2ccc(F)cc2)C1=O. The lowest BCUT2D eigenvalue weighted by Gasteiger charge is -2.14. The molecule has 22 heavy (non-hydrogen) atoms. The summed E-state index contributed by atoms with van der Waals surface area (Å²) >= 11 is 0. The number of carbonyl (C=O) groups excluding carboxylic acids is 4. The van der Waals surface area contributed by atoms with Crippen LogP contribution in [0.5, 0.6) is 0 Å². The molecule has 0 atom stereocenters. The third-order valence-corrected chi connectivity index (χ3v) is 2.95. The maximum atomic E-state index is 12.7. The van der Waals surface area contributed by atoms with Crippen LogP contribution in [0.1, 0.15) is 10.4 Å². The van der Waals surface area contributed by atoms with Gasteiger partial charge in [-0.05, 0) is 24.3 Å². The zero-order chi connectivity index (χ0) is 16.3. The second kappa shape index (κ2) is 6.20. The molecular weight excluding hydrogens is 295 g/mol. The highest BCUT2D eigenvalue weighted by molar-refractivity contribution is 6.04. The third-order valence-electron chi connectivity index (χ3n) is 2.95. The minimum absolute atomic E-state index is 0.0892. The van der Waals surface area contributed by atoms with Gasteiger partial charge in [-0.25, -0.2) is 9.18 Å². The second-order valence-electron chi connectivity index (χ2n) is 4.63. The maximum absolute atomic E-state index is 12.7. The number of carbonyl (C=O) groups is 4. The molecule has 5 amide bonds. The number of rotatable bonds is 3. The Bertz CT molecular complexity index is 631. The second-order valence-corrected chi connectivity index (χ2v) is 4.63. The number of urea groups is 1. The smallest absolute Gasteiger partial charge is 0.318 e. The van der Waals surface area contributed by atoms with Crippen LogP contribution in [0.2, 0.25) is 0 Å². The molecule has 0 saturated carbocycles. The molecule has 116 valence electrons. The zero-order valence-electron chi connectivity index (χ0n) is 11.6. The van der Waals surface area contributed by atoms with E-state index in [0.29, 0.717) is 0 Å². The normalized spacial score (nSPS) is 14.3. The van der Waals surface area contributed by atoms with Crippen molar-refractivity contribution < 1.29 is 23.6 Å². The summed E-state index contributed by atoms with van der Waals surface area (Å²) in [5.74, 6) is -2.36. The molecule has 1 aromatic carbocycles. The lowest BCUT2D eigenvalue weighted by atomic mass is 10.2. The Balaban J connectivity index is 1.85. The summed E-state index contributed by atoms with van der Waals surface area (Å²) < 4.78 is 12.7. The molecule has 0 radical (unpaired) electrons. The molecule has 2 rings (SSSR count). The summed E-state index contributed by atoms with van der Waals surface area (Å²) in [6.07, 6.45) is 0. The number of nitrogens with zero attached hydrogens (tertiary/aromatic N) is 2. The lowest BCUT2D eigenvalue weighted by Crippen LogP contribution is -2.47. The molecule has 1 saturated heterocycles. The van der Waals surface area contributed by atoms with Gasteiger partial charge in [0.15, 0.2) is 0 Å². The predicted octanol–water partition coefficient (Wildman–Crippen LogP) is -0.519. The van der Waals surface area contributed by atoms with Gasteiger partial charge in [0.1, 0.15) is 18.9 Å². The van der Waals surface area contributed by atoms with Gasteiger partial charge in [-0.2, -0.15) is 0 Å². The van der Waals surface area contributed by atoms with E-state index in [1.165, 1.54) is 24.1 Å². The topological polar surface area (TPSA) is 98.8 Å². The van der Waals surface area contributed by atoms with Gasteiger partial charge in [0, 0.05) is 12.6 Å². The number of nitrogens with one attached hydrogen (secondary N) is 2. The molecule has 1 heterocycles. The van der Waals surface area contributed by atoms with E-state index in [9.17, 15) is 23.6 Å². The monoisotopic (exact) mass is 308 g/mol. The van der Waals surface area contributed by atoms with Crippen LogP contribution in [-0.4, -0.2) is 53.7 Å². The fraction of sp³-hybridized carbons (Fsp3) is 0.231. The van der Waals surface area contributed by atoms with Crippen molar-refractivity contribution in [2.75, 3.05) is 20.1 Å². The molecule has 0 aliphatic carbocycles. The van der Waals surface area contributed by atoms with Crippen molar-refractivity contribution in [1.82, 2.24) is 20.7 Å². The molecule has 0 unspecified atom stereocenters. The number of benzene rings is 1. The van der Waals surface area contributed by atoms with Crippen LogP contribution in [0, 0.1) is 5.82 Å². The van der Waals surface area contributed by atoms with E-state index in [1.54, 1.807) is 0 Å². The van der Waals surface area contributed by atoms with Crippen LogP contribution in [0.3, 0.4) is 0 Å². The van der Waals surface area contributed by atoms with Gasteiger partial charge >= 0.3 is 6.03 Å². The van der Waals surface area contributed by atoms with Crippen LogP contribution >= 0.6 is 0 Å². The van der Waals surface area contributed by atoms with Crippen molar-refractivity contribution in [3.63, 3.8) is 0 Å². The Labute approximate surface area is 124 Å². The first kappa shape index (κ1) is 15.4. The molecule has 2 N–H and O–H groups in total. The maximum Gasteiger partial charge on any atom is 0.327 e. The third kappa shape index (κ3) is 3.37. The van der Waals surface area contributed by atoms with Crippen LogP contribution < -0.4 is 10.9 Å². The van der Waals surface area contributed by atoms with Gasteiger partial charge in [-0.3, -0.25) is 30.1 Å². The number of imide groups is 1. The molecule has 1 fully saturated rings. The molecule has 1 aromatic rings. The van der Waals surface area contributed by atoms with Crippen molar-refractivity contribution in [1.29, 1.82) is 0 Å². The zero-order valence-corrected chi connectivity index (χ0v) is 11.6. The van der Waals surface area contributed by atoms with E-state index in [2.05, 4.69) is 10.9 Å². The highest BCUT2D eigenvalue weighted by Gasteiger charge is 2.34. The van der Waals surface area contributed by atoms with Crippen LogP contribution in [-0.2, 0) is 9.59 Å². The van der Waals surface area contributed by atoms with Crippen LogP contribution in [0.15, 0.2) is 24.3 Å². The van der Waals surface area contributed by atoms with Crippen molar-refractivity contribution in [3.8, 4) is 0 Å². The van der Waals surface area contributed by atoms with E-state index in [0.717, 1.165) is 17.0 Å². The number of hydrogen-bond donors (Lipinski definition) is 2. The fourth-order valence-corrected chi connectivity index (χ4v) is 1.81. The van der Waals surface area contributed by atoms with Gasteiger partial charge in [-0.1, -0.05) is 0 Å². The number of halogens is 1. The Morgan fingerprint density at radius 2 is 1.82 bits per heavy atom. The summed E-state index contributed by atoms with van der Waals surface area (Å²) in [5.41, 5.74) is 4.34. The highest BCUT2D eigenvalue weighted by atomic mass is 19.1. The average molecular weight is 308 g/mol. The quantitative estimate of drug-likeness (QED) is 0.580. The summed E-state index contributed by atoms with van der Waals surface area (Å²) in [6, 6.07) is 4.13. The average Bonchev–Trinajstić information content (AvgIpc) is 2.72. The van der Waals surface area contributed by atoms with Gasteiger partial charge in [-0.15, -0.1) is 0 Å². The molecule has 1 aliphatic rings. The van der Waals surface area contributed by atoms with E-state index in [4.69, 9.17) is 0 Å². The predicted molar refractivity (Wildman–Crippen MR) is 71.7 cm³/mol. The van der Waals surface area contributed by atoms with E-state index in [-0.39, 0.29) is 12.1 Å².